The van der Waals surface area contributed by atoms with Crippen LogP contribution in [0.5, 0.6) is 0 Å². The molecule has 0 saturated heterocycles. The Balaban J connectivity index is 2.08. The molecule has 23 heavy (non-hydrogen) atoms. The first-order valence-corrected chi connectivity index (χ1v) is 7.62. The molecule has 0 N–H and O–H groups in total. The molecule has 116 valence electrons. The van der Waals surface area contributed by atoms with E-state index in [-0.39, 0.29) is 11.8 Å². The van der Waals surface area contributed by atoms with Crippen LogP contribution >= 0.6 is 0 Å². The number of aliphatic imine (C=N–C) groups is 1. The molecule has 1 aromatic carbocycles. The van der Waals surface area contributed by atoms with Gasteiger partial charge in [0.15, 0.2) is 0 Å². The molecule has 3 rings (SSSR count). The predicted octanol–water partition coefficient (Wildman–Crippen LogP) is 2.83. The van der Waals surface area contributed by atoms with E-state index in [0.717, 1.165) is 11.3 Å². The van der Waals surface area contributed by atoms with E-state index in [1.54, 1.807) is 42.7 Å². The number of nitrogens with zero attached hydrogens (tertiary/aromatic N) is 3. The third-order valence-corrected chi connectivity index (χ3v) is 3.70. The van der Waals surface area contributed by atoms with Gasteiger partial charge >= 0.3 is 0 Å². The van der Waals surface area contributed by atoms with Crippen LogP contribution in [-0.2, 0) is 4.79 Å². The SMILES string of the molecule is CCCN=CC1C(=O)N(c2ccccn2)C(=O)c2ccccc21. The van der Waals surface area contributed by atoms with Crippen LogP contribution in [0.1, 0.15) is 35.2 Å². The average molecular weight is 307 g/mol. The molecule has 2 aromatic rings. The molecule has 0 aliphatic carbocycles. The smallest absolute Gasteiger partial charge is 0.266 e. The number of hydrogen-bond acceptors (Lipinski definition) is 4. The van der Waals surface area contributed by atoms with Crippen molar-refractivity contribution in [3.05, 3.63) is 59.8 Å². The molecular formula is C18H17N3O2. The monoisotopic (exact) mass is 307 g/mol. The zero-order valence-electron chi connectivity index (χ0n) is 12.8. The van der Waals surface area contributed by atoms with Crippen LogP contribution in [0, 0.1) is 0 Å². The Bertz CT molecular complexity index is 756. The van der Waals surface area contributed by atoms with Crippen molar-refractivity contribution in [2.75, 3.05) is 11.4 Å². The molecule has 1 aromatic heterocycles. The van der Waals surface area contributed by atoms with Gasteiger partial charge < -0.3 is 0 Å². The number of rotatable bonds is 4. The lowest BCUT2D eigenvalue weighted by Gasteiger charge is -2.30. The van der Waals surface area contributed by atoms with Crippen molar-refractivity contribution in [3.63, 3.8) is 0 Å². The van der Waals surface area contributed by atoms with Crippen LogP contribution in [-0.4, -0.2) is 29.6 Å². The highest BCUT2D eigenvalue weighted by Gasteiger charge is 2.39. The Kier molecular flexibility index (Phi) is 4.28. The molecule has 0 bridgehead atoms. The van der Waals surface area contributed by atoms with Gasteiger partial charge in [-0.25, -0.2) is 9.88 Å². The highest BCUT2D eigenvalue weighted by molar-refractivity contribution is 6.28. The zero-order valence-corrected chi connectivity index (χ0v) is 12.8. The normalized spacial score (nSPS) is 17.6. The van der Waals surface area contributed by atoms with Crippen molar-refractivity contribution < 1.29 is 9.59 Å². The number of benzene rings is 1. The van der Waals surface area contributed by atoms with Crippen LogP contribution < -0.4 is 4.90 Å². The summed E-state index contributed by atoms with van der Waals surface area (Å²) < 4.78 is 0. The van der Waals surface area contributed by atoms with Crippen molar-refractivity contribution in [1.82, 2.24) is 4.98 Å². The van der Waals surface area contributed by atoms with E-state index in [4.69, 9.17) is 0 Å². The fraction of sp³-hybridized carbons (Fsp3) is 0.222. The Morgan fingerprint density at radius 3 is 2.70 bits per heavy atom. The van der Waals surface area contributed by atoms with E-state index in [1.165, 1.54) is 0 Å². The lowest BCUT2D eigenvalue weighted by Crippen LogP contribution is -2.45. The van der Waals surface area contributed by atoms with Crippen molar-refractivity contribution in [1.29, 1.82) is 0 Å². The summed E-state index contributed by atoms with van der Waals surface area (Å²) >= 11 is 0. The first kappa shape index (κ1) is 15.1. The summed E-state index contributed by atoms with van der Waals surface area (Å²) in [6.07, 6.45) is 4.12. The highest BCUT2D eigenvalue weighted by Crippen LogP contribution is 2.30. The van der Waals surface area contributed by atoms with Crippen molar-refractivity contribution in [3.8, 4) is 0 Å². The second-order valence-corrected chi connectivity index (χ2v) is 5.29. The van der Waals surface area contributed by atoms with Crippen LogP contribution in [0.25, 0.3) is 0 Å². The molecule has 2 amide bonds. The third kappa shape index (κ3) is 2.77. The molecule has 0 radical (unpaired) electrons. The molecule has 5 nitrogen and oxygen atoms in total. The van der Waals surface area contributed by atoms with Gasteiger partial charge in [0, 0.05) is 24.5 Å². The number of amides is 2. The van der Waals surface area contributed by atoms with Crippen LogP contribution in [0.3, 0.4) is 0 Å². The summed E-state index contributed by atoms with van der Waals surface area (Å²) in [7, 11) is 0. The van der Waals surface area contributed by atoms with Gasteiger partial charge in [0.25, 0.3) is 5.91 Å². The predicted molar refractivity (Wildman–Crippen MR) is 88.9 cm³/mol. The summed E-state index contributed by atoms with van der Waals surface area (Å²) in [5.74, 6) is -0.875. The molecule has 1 aliphatic rings. The van der Waals surface area contributed by atoms with Crippen molar-refractivity contribution in [2.45, 2.75) is 19.3 Å². The zero-order chi connectivity index (χ0) is 16.2. The van der Waals surface area contributed by atoms with E-state index < -0.39 is 5.92 Å². The molecule has 5 heteroatoms. The maximum absolute atomic E-state index is 12.9. The maximum Gasteiger partial charge on any atom is 0.266 e. The molecule has 1 atom stereocenters. The van der Waals surface area contributed by atoms with Gasteiger partial charge in [0.1, 0.15) is 5.82 Å². The van der Waals surface area contributed by atoms with E-state index in [2.05, 4.69) is 9.98 Å². The molecule has 0 spiro atoms. The second kappa shape index (κ2) is 6.52. The van der Waals surface area contributed by atoms with Crippen molar-refractivity contribution >= 4 is 23.8 Å². The van der Waals surface area contributed by atoms with Gasteiger partial charge in [0.2, 0.25) is 5.91 Å². The minimum Gasteiger partial charge on any atom is -0.296 e. The van der Waals surface area contributed by atoms with Gasteiger partial charge in [0.05, 0.1) is 5.92 Å². The van der Waals surface area contributed by atoms with Crippen molar-refractivity contribution in [2.24, 2.45) is 4.99 Å². The van der Waals surface area contributed by atoms with E-state index in [1.807, 2.05) is 19.1 Å². The van der Waals surface area contributed by atoms with Gasteiger partial charge in [-0.15, -0.1) is 0 Å². The highest BCUT2D eigenvalue weighted by atomic mass is 16.2. The van der Waals surface area contributed by atoms with Gasteiger partial charge in [-0.3, -0.25) is 14.6 Å². The van der Waals surface area contributed by atoms with Gasteiger partial charge in [-0.1, -0.05) is 31.2 Å². The lowest BCUT2D eigenvalue weighted by molar-refractivity contribution is -0.118. The number of hydrogen-bond donors (Lipinski definition) is 0. The van der Waals surface area contributed by atoms with E-state index in [9.17, 15) is 9.59 Å². The van der Waals surface area contributed by atoms with Crippen LogP contribution in [0.2, 0.25) is 0 Å². The minimum absolute atomic E-state index is 0.313. The fourth-order valence-electron chi connectivity index (χ4n) is 2.61. The summed E-state index contributed by atoms with van der Waals surface area (Å²) in [6, 6.07) is 12.3. The van der Waals surface area contributed by atoms with E-state index in [0.29, 0.717) is 23.5 Å². The number of anilines is 1. The number of imide groups is 1. The second-order valence-electron chi connectivity index (χ2n) is 5.29. The Labute approximate surface area is 134 Å². The standard InChI is InChI=1S/C18H17N3O2/c1-2-10-19-12-15-13-7-3-4-8-14(13)17(22)21(18(15)23)16-9-5-6-11-20-16/h3-9,11-12,15H,2,10H2,1H3. The molecular weight excluding hydrogens is 290 g/mol. The Morgan fingerprint density at radius 2 is 1.96 bits per heavy atom. The molecule has 2 heterocycles. The molecule has 0 fully saturated rings. The number of fused-ring (bicyclic) bond motifs is 1. The summed E-state index contributed by atoms with van der Waals surface area (Å²) in [4.78, 5) is 35.2. The van der Waals surface area contributed by atoms with Crippen LogP contribution in [0.15, 0.2) is 53.7 Å². The number of aromatic nitrogens is 1. The van der Waals surface area contributed by atoms with E-state index >= 15 is 0 Å². The topological polar surface area (TPSA) is 62.6 Å². The van der Waals surface area contributed by atoms with Crippen LogP contribution in [0.4, 0.5) is 5.82 Å². The molecule has 1 aliphatic heterocycles. The first-order chi connectivity index (χ1) is 11.2. The minimum atomic E-state index is -0.558. The summed E-state index contributed by atoms with van der Waals surface area (Å²) in [5, 5.41) is 0. The summed E-state index contributed by atoms with van der Waals surface area (Å²) in [6.45, 7) is 2.68. The third-order valence-electron chi connectivity index (χ3n) is 3.70. The molecule has 1 unspecified atom stereocenters. The fourth-order valence-corrected chi connectivity index (χ4v) is 2.61. The lowest BCUT2D eigenvalue weighted by atomic mass is 9.89. The largest absolute Gasteiger partial charge is 0.296 e. The quantitative estimate of drug-likeness (QED) is 0.644. The molecule has 0 saturated carbocycles. The summed E-state index contributed by atoms with van der Waals surface area (Å²) in [5.41, 5.74) is 1.22. The average Bonchev–Trinajstić information content (AvgIpc) is 2.59. The Hall–Kier alpha value is -2.82. The van der Waals surface area contributed by atoms with Gasteiger partial charge in [-0.2, -0.15) is 0 Å². The number of pyridine rings is 1. The maximum atomic E-state index is 12.9. The number of carbonyl (C=O) groups excluding carboxylic acids is 2. The van der Waals surface area contributed by atoms with Gasteiger partial charge in [-0.05, 0) is 30.2 Å². The first-order valence-electron chi connectivity index (χ1n) is 7.62. The number of carbonyl (C=O) groups is 2. The Morgan fingerprint density at radius 1 is 1.17 bits per heavy atom.